The highest BCUT2D eigenvalue weighted by Crippen LogP contribution is 2.09. The Morgan fingerprint density at radius 1 is 1.75 bits per heavy atom. The zero-order valence-corrected chi connectivity index (χ0v) is 4.32. The van der Waals surface area contributed by atoms with E-state index in [0.29, 0.717) is 7.04 Å². The molecule has 0 bridgehead atoms. The largest absolute Gasteiger partial charge is 0.264 e. The molecule has 0 aromatic rings. The molecule has 22 valence electrons. The molecule has 0 N–H and O–H groups in total. The maximum Gasteiger partial charge on any atom is 0.227 e. The first-order chi connectivity index (χ1) is 1.91. The van der Waals surface area contributed by atoms with Gasteiger partial charge in [0.15, 0.2) is 0 Å². The predicted octanol–water partition coefficient (Wildman–Crippen LogP) is 1.60. The van der Waals surface area contributed by atoms with Gasteiger partial charge in [0.2, 0.25) is 8.15 Å². The minimum absolute atomic E-state index is 0.0355. The summed E-state index contributed by atoms with van der Waals surface area (Å²) < 4.78 is 9.15. The van der Waals surface area contributed by atoms with Crippen LogP contribution in [0.3, 0.4) is 0 Å². The third-order valence-corrected chi connectivity index (χ3v) is 0.900. The SMILES string of the molecule is O=PP=S. The first-order valence-corrected chi connectivity index (χ1v) is 3.99. The van der Waals surface area contributed by atoms with Crippen LogP contribution in [0.5, 0.6) is 0 Å². The summed E-state index contributed by atoms with van der Waals surface area (Å²) in [5.41, 5.74) is 0. The summed E-state index contributed by atoms with van der Waals surface area (Å²) in [7, 11) is 0.534. The number of rotatable bonds is 1. The molecule has 0 aliphatic heterocycles. The van der Waals surface area contributed by atoms with Gasteiger partial charge in [-0.3, -0.25) is 4.57 Å². The van der Waals surface area contributed by atoms with Gasteiger partial charge in [-0.1, -0.05) is 0 Å². The van der Waals surface area contributed by atoms with Crippen LogP contribution in [0.2, 0.25) is 0 Å². The van der Waals surface area contributed by atoms with Crippen LogP contribution in [0.25, 0.3) is 0 Å². The van der Waals surface area contributed by atoms with Gasteiger partial charge in [0.1, 0.15) is 0 Å². The van der Waals surface area contributed by atoms with Crippen molar-refractivity contribution < 1.29 is 4.57 Å². The molecule has 0 unspecified atom stereocenters. The third kappa shape index (κ3) is 2.62. The van der Waals surface area contributed by atoms with Crippen molar-refractivity contribution in [3.63, 3.8) is 0 Å². The van der Waals surface area contributed by atoms with Gasteiger partial charge >= 0.3 is 0 Å². The smallest absolute Gasteiger partial charge is 0.227 e. The maximum absolute atomic E-state index is 9.15. The Morgan fingerprint density at radius 3 is 2.00 bits per heavy atom. The molecule has 0 saturated heterocycles. The molecule has 0 amide bonds. The Bertz CT molecular complexity index is 27.0. The lowest BCUT2D eigenvalue weighted by atomic mass is 16.0. The second kappa shape index (κ2) is 3.62. The molecular weight excluding hydrogens is 110 g/mol. The van der Waals surface area contributed by atoms with Crippen LogP contribution < -0.4 is 0 Å². The second-order valence-electron chi connectivity index (χ2n) is 0.163. The molecule has 1 nitrogen and oxygen atoms in total. The first-order valence-electron chi connectivity index (χ1n) is 0.565. The second-order valence-corrected chi connectivity index (χ2v) is 2.94. The van der Waals surface area contributed by atoms with Crippen molar-refractivity contribution in [2.75, 3.05) is 0 Å². The van der Waals surface area contributed by atoms with E-state index in [-0.39, 0.29) is 8.15 Å². The van der Waals surface area contributed by atoms with Gasteiger partial charge in [-0.2, -0.15) is 0 Å². The van der Waals surface area contributed by atoms with Crippen LogP contribution >= 0.6 is 15.2 Å². The Kier molecular flexibility index (Phi) is 4.18. The van der Waals surface area contributed by atoms with E-state index in [9.17, 15) is 0 Å². The monoisotopic (exact) mass is 110 g/mol. The Labute approximate surface area is 32.3 Å². The summed E-state index contributed by atoms with van der Waals surface area (Å²) in [5, 5.41) is 0. The Hall–Kier alpha value is 0.620. The van der Waals surface area contributed by atoms with Gasteiger partial charge in [-0.15, -0.1) is 0 Å². The van der Waals surface area contributed by atoms with E-state index in [2.05, 4.69) is 11.8 Å². The van der Waals surface area contributed by atoms with Gasteiger partial charge in [-0.25, -0.2) is 0 Å². The summed E-state index contributed by atoms with van der Waals surface area (Å²) in [4.78, 5) is 0. The Morgan fingerprint density at radius 2 is 2.00 bits per heavy atom. The molecule has 0 aromatic heterocycles. The zero-order valence-electron chi connectivity index (χ0n) is 1.71. The van der Waals surface area contributed by atoms with E-state index >= 15 is 0 Å². The molecule has 0 saturated carbocycles. The average molecular weight is 110 g/mol. The number of hydrogen-bond donors (Lipinski definition) is 0. The third-order valence-electron chi connectivity index (χ3n) is 0.0333. The molecule has 0 heterocycles. The highest BCUT2D eigenvalue weighted by atomic mass is 32.6. The fraction of sp³-hybridized carbons (Fsp3) is 0. The summed E-state index contributed by atoms with van der Waals surface area (Å²) in [6, 6.07) is 0. The summed E-state index contributed by atoms with van der Waals surface area (Å²) >= 11 is 4.20. The fourth-order valence-corrected chi connectivity index (χ4v) is 0. The van der Waals surface area contributed by atoms with Crippen LogP contribution in [-0.4, -0.2) is 0 Å². The van der Waals surface area contributed by atoms with Crippen molar-refractivity contribution in [1.82, 2.24) is 0 Å². The maximum atomic E-state index is 9.15. The molecular formula is OP2S. The molecule has 0 rings (SSSR count). The molecule has 0 aromatic carbocycles. The first kappa shape index (κ1) is 4.62. The molecule has 4 heteroatoms. The van der Waals surface area contributed by atoms with Crippen LogP contribution in [0.4, 0.5) is 0 Å². The molecule has 0 radical (unpaired) electrons. The van der Waals surface area contributed by atoms with Crippen molar-refractivity contribution in [3.8, 4) is 0 Å². The minimum atomic E-state index is 0.0355. The van der Waals surface area contributed by atoms with E-state index in [1.807, 2.05) is 0 Å². The van der Waals surface area contributed by atoms with E-state index in [4.69, 9.17) is 4.57 Å². The van der Waals surface area contributed by atoms with Crippen molar-refractivity contribution in [2.45, 2.75) is 0 Å². The quantitative estimate of drug-likeness (QED) is 0.477. The normalized spacial score (nSPS) is 9.00. The minimum Gasteiger partial charge on any atom is -0.264 e. The van der Waals surface area contributed by atoms with Gasteiger partial charge in [0.25, 0.3) is 0 Å². The fourth-order valence-electron chi connectivity index (χ4n) is 0. The van der Waals surface area contributed by atoms with Gasteiger partial charge in [0, 0.05) is 0 Å². The Balaban J connectivity index is 2.73. The van der Waals surface area contributed by atoms with Gasteiger partial charge in [-0.05, 0) is 11.8 Å². The van der Waals surface area contributed by atoms with Crippen molar-refractivity contribution in [1.29, 1.82) is 0 Å². The van der Waals surface area contributed by atoms with Gasteiger partial charge < -0.3 is 0 Å². The van der Waals surface area contributed by atoms with E-state index in [1.165, 1.54) is 0 Å². The highest BCUT2D eigenvalue weighted by Gasteiger charge is 1.47. The molecule has 0 aliphatic carbocycles. The lowest BCUT2D eigenvalue weighted by Crippen LogP contribution is -0.810. The lowest BCUT2D eigenvalue weighted by Gasteiger charge is -1.29. The van der Waals surface area contributed by atoms with Crippen LogP contribution in [0, 0.1) is 0 Å². The molecule has 4 heavy (non-hydrogen) atoms. The van der Waals surface area contributed by atoms with E-state index < -0.39 is 0 Å². The highest BCUT2D eigenvalue weighted by molar-refractivity contribution is 8.26. The average Bonchev–Trinajstić information content (AvgIpc) is 1.37. The van der Waals surface area contributed by atoms with Gasteiger partial charge in [0.05, 0.1) is 7.04 Å². The predicted molar refractivity (Wildman–Crippen MR) is 21.9 cm³/mol. The van der Waals surface area contributed by atoms with Crippen LogP contribution in [-0.2, 0) is 16.4 Å². The van der Waals surface area contributed by atoms with Crippen molar-refractivity contribution in [3.05, 3.63) is 0 Å². The topological polar surface area (TPSA) is 17.1 Å². The standard InChI is InChI=1S/OP2S/c1-2-3-4. The summed E-state index contributed by atoms with van der Waals surface area (Å²) in [6.45, 7) is 0. The molecule has 0 aliphatic rings. The molecule has 0 atom stereocenters. The van der Waals surface area contributed by atoms with Crippen molar-refractivity contribution >= 4 is 27.0 Å². The van der Waals surface area contributed by atoms with Crippen molar-refractivity contribution in [2.24, 2.45) is 0 Å². The van der Waals surface area contributed by atoms with Crippen LogP contribution in [0.1, 0.15) is 0 Å². The summed E-state index contributed by atoms with van der Waals surface area (Å²) in [5.74, 6) is 0. The summed E-state index contributed by atoms with van der Waals surface area (Å²) in [6.07, 6.45) is 0. The number of hydrogen-bond acceptors (Lipinski definition) is 2. The van der Waals surface area contributed by atoms with E-state index in [0.717, 1.165) is 0 Å². The lowest BCUT2D eigenvalue weighted by molar-refractivity contribution is 0.605. The zero-order chi connectivity index (χ0) is 3.41. The van der Waals surface area contributed by atoms with E-state index in [1.54, 1.807) is 0 Å². The van der Waals surface area contributed by atoms with Crippen LogP contribution in [0.15, 0.2) is 0 Å². The molecule has 0 fully saturated rings. The molecule has 0 spiro atoms.